The van der Waals surface area contributed by atoms with Gasteiger partial charge < -0.3 is 47.8 Å². The number of carbonyl (C=O) groups is 5. The van der Waals surface area contributed by atoms with E-state index in [4.69, 9.17) is 17.2 Å². The third kappa shape index (κ3) is 9.04. The van der Waals surface area contributed by atoms with Crippen LogP contribution in [0.2, 0.25) is 0 Å². The Labute approximate surface area is 300 Å². The van der Waals surface area contributed by atoms with Crippen LogP contribution >= 0.6 is 11.3 Å². The molecule has 51 heavy (non-hydrogen) atoms. The number of nitrogens with one attached hydrogen (secondary N) is 2. The summed E-state index contributed by atoms with van der Waals surface area (Å²) in [6.45, 7) is -0.466. The topological polar surface area (TPSA) is 247 Å². The number of thiophene rings is 1. The van der Waals surface area contributed by atoms with E-state index in [2.05, 4.69) is 15.6 Å². The zero-order chi connectivity index (χ0) is 36.7. The lowest BCUT2D eigenvalue weighted by molar-refractivity contribution is -0.153. The number of aliphatic hydroxyl groups excluding tert-OH is 1. The first-order chi connectivity index (χ1) is 24.5. The predicted molar refractivity (Wildman–Crippen MR) is 190 cm³/mol. The number of carboxylic acids is 1. The maximum Gasteiger partial charge on any atom is 0.326 e. The summed E-state index contributed by atoms with van der Waals surface area (Å²) in [5, 5.41) is 27.4. The highest BCUT2D eigenvalue weighted by molar-refractivity contribution is 7.09. The van der Waals surface area contributed by atoms with Crippen LogP contribution in [0.3, 0.4) is 0 Å². The number of carbonyl (C=O) groups excluding carboxylic acids is 4. The molecule has 4 amide bonds. The Morgan fingerprint density at radius 3 is 2.41 bits per heavy atom. The summed E-state index contributed by atoms with van der Waals surface area (Å²) in [6.07, 6.45) is 4.50. The molecule has 1 saturated carbocycles. The SMILES string of the molecule is NC(N)=NCCC[C@H](NC(=O)[C@@H]1C[C@@H]2CCCC[C@@H]2N1C(=O)[C@H]1Cc2ccccc2CN1C(=O)[C@H](CO)NC(=O)[C@@H](N)Cc1cccs1)C(=O)O. The van der Waals surface area contributed by atoms with Gasteiger partial charge in [-0.3, -0.25) is 24.2 Å². The van der Waals surface area contributed by atoms with E-state index in [-0.39, 0.29) is 50.3 Å². The summed E-state index contributed by atoms with van der Waals surface area (Å²) >= 11 is 1.45. The lowest BCUT2D eigenvalue weighted by Crippen LogP contribution is -2.62. The molecular weight excluding hydrogens is 677 g/mol. The van der Waals surface area contributed by atoms with Gasteiger partial charge in [0.25, 0.3) is 0 Å². The van der Waals surface area contributed by atoms with E-state index >= 15 is 0 Å². The molecule has 1 aromatic carbocycles. The summed E-state index contributed by atoms with van der Waals surface area (Å²) in [4.78, 5) is 75.9. The van der Waals surface area contributed by atoms with E-state index in [1.807, 2.05) is 41.8 Å². The lowest BCUT2D eigenvalue weighted by Gasteiger charge is -2.42. The van der Waals surface area contributed by atoms with Gasteiger partial charge in [0.15, 0.2) is 5.96 Å². The number of guanidine groups is 1. The Morgan fingerprint density at radius 1 is 0.980 bits per heavy atom. The second-order valence-corrected chi connectivity index (χ2v) is 14.6. The number of hydrogen-bond donors (Lipinski definition) is 7. The number of rotatable bonds is 14. The number of nitrogens with two attached hydrogens (primary N) is 3. The molecule has 3 aliphatic rings. The number of nitrogens with zero attached hydrogens (tertiary/aromatic N) is 3. The third-order valence-electron chi connectivity index (χ3n) is 10.2. The van der Waals surface area contributed by atoms with Crippen LogP contribution in [0.25, 0.3) is 0 Å². The molecule has 0 bridgehead atoms. The molecule has 7 atom stereocenters. The minimum atomic E-state index is -1.36. The maximum absolute atomic E-state index is 14.8. The number of amides is 4. The van der Waals surface area contributed by atoms with E-state index < -0.39 is 66.4 Å². The van der Waals surface area contributed by atoms with E-state index in [1.165, 1.54) is 16.2 Å². The Bertz CT molecular complexity index is 1600. The Balaban J connectivity index is 1.39. The van der Waals surface area contributed by atoms with E-state index in [0.717, 1.165) is 35.3 Å². The number of carboxylic acid groups (broad SMARTS) is 1. The molecule has 2 fully saturated rings. The average Bonchev–Trinajstić information content (AvgIpc) is 3.78. The molecule has 0 spiro atoms. The second kappa shape index (κ2) is 17.1. The first-order valence-corrected chi connectivity index (χ1v) is 18.3. The molecule has 10 N–H and O–H groups in total. The van der Waals surface area contributed by atoms with Crippen LogP contribution in [0.1, 0.15) is 60.9 Å². The molecule has 276 valence electrons. The molecule has 16 heteroatoms. The molecule has 2 aromatic rings. The fourth-order valence-electron chi connectivity index (χ4n) is 7.59. The second-order valence-electron chi connectivity index (χ2n) is 13.5. The largest absolute Gasteiger partial charge is 0.480 e. The van der Waals surface area contributed by atoms with Gasteiger partial charge in [-0.1, -0.05) is 43.2 Å². The van der Waals surface area contributed by atoms with Crippen molar-refractivity contribution in [2.75, 3.05) is 13.2 Å². The van der Waals surface area contributed by atoms with Crippen LogP contribution in [-0.4, -0.2) is 105 Å². The molecule has 3 heterocycles. The maximum atomic E-state index is 14.8. The number of hydrogen-bond acceptors (Lipinski definition) is 9. The van der Waals surface area contributed by atoms with Gasteiger partial charge in [-0.15, -0.1) is 11.3 Å². The highest BCUT2D eigenvalue weighted by atomic mass is 32.1. The van der Waals surface area contributed by atoms with Crippen molar-refractivity contribution in [3.63, 3.8) is 0 Å². The van der Waals surface area contributed by atoms with Crippen LogP contribution in [0.15, 0.2) is 46.8 Å². The summed E-state index contributed by atoms with van der Waals surface area (Å²) in [7, 11) is 0. The van der Waals surface area contributed by atoms with Crippen molar-refractivity contribution < 1.29 is 34.2 Å². The minimum Gasteiger partial charge on any atom is -0.480 e. The van der Waals surface area contributed by atoms with Crippen molar-refractivity contribution in [3.8, 4) is 0 Å². The van der Waals surface area contributed by atoms with Gasteiger partial charge in [-0.05, 0) is 60.6 Å². The van der Waals surface area contributed by atoms with Gasteiger partial charge >= 0.3 is 5.97 Å². The molecule has 15 nitrogen and oxygen atoms in total. The van der Waals surface area contributed by atoms with Crippen LogP contribution in [0.4, 0.5) is 0 Å². The molecule has 1 saturated heterocycles. The number of benzene rings is 1. The summed E-state index contributed by atoms with van der Waals surface area (Å²) in [5.74, 6) is -3.53. The van der Waals surface area contributed by atoms with Crippen molar-refractivity contribution in [1.82, 2.24) is 20.4 Å². The summed E-state index contributed by atoms with van der Waals surface area (Å²) < 4.78 is 0. The summed E-state index contributed by atoms with van der Waals surface area (Å²) in [6, 6.07) is 5.37. The minimum absolute atomic E-state index is 0.0398. The number of likely N-dealkylation sites (tertiary alicyclic amines) is 1. The highest BCUT2D eigenvalue weighted by Crippen LogP contribution is 2.41. The van der Waals surface area contributed by atoms with Gasteiger partial charge in [0.1, 0.15) is 24.2 Å². The van der Waals surface area contributed by atoms with Gasteiger partial charge in [0, 0.05) is 36.9 Å². The molecule has 0 radical (unpaired) electrons. The number of aliphatic hydroxyl groups is 1. The van der Waals surface area contributed by atoms with Gasteiger partial charge in [0.05, 0.1) is 12.6 Å². The van der Waals surface area contributed by atoms with Crippen LogP contribution in [-0.2, 0) is 43.4 Å². The van der Waals surface area contributed by atoms with Crippen LogP contribution < -0.4 is 27.8 Å². The average molecular weight is 725 g/mol. The van der Waals surface area contributed by atoms with E-state index in [1.54, 1.807) is 4.90 Å². The molecule has 0 unspecified atom stereocenters. The molecular formula is C35H48N8O7S. The normalized spacial score (nSPS) is 22.9. The van der Waals surface area contributed by atoms with Crippen molar-refractivity contribution in [2.24, 2.45) is 28.1 Å². The zero-order valence-corrected chi connectivity index (χ0v) is 29.3. The van der Waals surface area contributed by atoms with E-state index in [0.29, 0.717) is 19.3 Å². The fraction of sp³-hybridized carbons (Fsp3) is 0.543. The zero-order valence-electron chi connectivity index (χ0n) is 28.5. The standard InChI is InChI=1S/C35H48N8O7S/c36-24(17-23-10-6-14-51-23)30(45)41-26(19-44)32(47)42-18-22-9-2-1-7-20(22)15-29(42)33(48)43-27-12-4-3-8-21(27)16-28(43)31(46)40-25(34(49)50)11-5-13-39-35(37)38/h1-2,6-7,9-10,14,21,24-29,44H,3-5,8,11-13,15-19,36H2,(H,40,46)(H,41,45)(H,49,50)(H4,37,38,39)/t21-,24-,25-,26-,27-,28-,29+/m0/s1. The Kier molecular flexibility index (Phi) is 12.7. The molecule has 1 aromatic heterocycles. The quantitative estimate of drug-likeness (QED) is 0.0770. The van der Waals surface area contributed by atoms with E-state index in [9.17, 15) is 34.2 Å². The van der Waals surface area contributed by atoms with Gasteiger partial charge in [-0.2, -0.15) is 0 Å². The Morgan fingerprint density at radius 2 is 1.73 bits per heavy atom. The lowest BCUT2D eigenvalue weighted by atomic mass is 9.84. The van der Waals surface area contributed by atoms with Crippen LogP contribution in [0.5, 0.6) is 0 Å². The first kappa shape index (κ1) is 37.7. The predicted octanol–water partition coefficient (Wildman–Crippen LogP) is -0.169. The van der Waals surface area contributed by atoms with Gasteiger partial charge in [0.2, 0.25) is 23.6 Å². The number of fused-ring (bicyclic) bond motifs is 2. The van der Waals surface area contributed by atoms with Crippen LogP contribution in [0, 0.1) is 5.92 Å². The van der Waals surface area contributed by atoms with Gasteiger partial charge in [-0.25, -0.2) is 4.79 Å². The summed E-state index contributed by atoms with van der Waals surface area (Å²) in [5.41, 5.74) is 18.6. The fourth-order valence-corrected chi connectivity index (χ4v) is 8.35. The van der Waals surface area contributed by atoms with Crippen molar-refractivity contribution in [2.45, 2.75) is 101 Å². The Hall–Kier alpha value is -4.54. The van der Waals surface area contributed by atoms with Crippen molar-refractivity contribution in [1.29, 1.82) is 0 Å². The monoisotopic (exact) mass is 724 g/mol. The van der Waals surface area contributed by atoms with Crippen molar-refractivity contribution in [3.05, 3.63) is 57.8 Å². The highest BCUT2D eigenvalue weighted by Gasteiger charge is 2.51. The third-order valence-corrected chi connectivity index (χ3v) is 11.1. The molecule has 5 rings (SSSR count). The molecule has 1 aliphatic carbocycles. The van der Waals surface area contributed by atoms with Crippen molar-refractivity contribution >= 4 is 46.9 Å². The smallest absolute Gasteiger partial charge is 0.326 e. The number of aliphatic carboxylic acids is 1. The first-order valence-electron chi connectivity index (χ1n) is 17.5. The molecule has 2 aliphatic heterocycles. The number of aliphatic imine (C=N–C) groups is 1.